The van der Waals surface area contributed by atoms with Crippen LogP contribution in [0, 0.1) is 11.3 Å². The maximum absolute atomic E-state index is 10.4. The van der Waals surface area contributed by atoms with Crippen LogP contribution in [-0.4, -0.2) is 30.3 Å². The van der Waals surface area contributed by atoms with Gasteiger partial charge in [0, 0.05) is 24.8 Å². The van der Waals surface area contributed by atoms with E-state index in [2.05, 4.69) is 70.7 Å². The van der Waals surface area contributed by atoms with Gasteiger partial charge in [-0.3, -0.25) is 0 Å². The Hall–Kier alpha value is -1.06. The number of piperidine rings is 1. The molecule has 0 aromatic heterocycles. The van der Waals surface area contributed by atoms with Gasteiger partial charge in [-0.25, -0.2) is 0 Å². The first-order chi connectivity index (χ1) is 11.0. The quantitative estimate of drug-likeness (QED) is 0.881. The summed E-state index contributed by atoms with van der Waals surface area (Å²) in [7, 11) is 0. The first-order valence-corrected chi connectivity index (χ1v) is 9.26. The number of nitrogens with two attached hydrogens (primary N) is 1. The SMILES string of the molecule is CC(C)(C)c1ccc(N2CC(N)CC(CC(O)C(C)(C)C)C2)cc1. The molecule has 0 radical (unpaired) electrons. The Bertz CT molecular complexity index is 524. The van der Waals surface area contributed by atoms with Gasteiger partial charge >= 0.3 is 0 Å². The number of hydrogen-bond donors (Lipinski definition) is 2. The highest BCUT2D eigenvalue weighted by atomic mass is 16.3. The predicted octanol–water partition coefficient (Wildman–Crippen LogP) is 3.93. The van der Waals surface area contributed by atoms with Crippen LogP contribution in [0.5, 0.6) is 0 Å². The maximum atomic E-state index is 10.4. The van der Waals surface area contributed by atoms with Crippen LogP contribution in [0.4, 0.5) is 5.69 Å². The van der Waals surface area contributed by atoms with Crippen molar-refractivity contribution in [1.29, 1.82) is 0 Å². The van der Waals surface area contributed by atoms with Gasteiger partial charge in [-0.1, -0.05) is 53.7 Å². The molecular formula is C21H36N2O. The molecule has 136 valence electrons. The standard InChI is InChI=1S/C21H36N2O/c1-20(2,3)16-7-9-18(10-8-16)23-13-15(11-17(22)14-23)12-19(24)21(4,5)6/h7-10,15,17,19,24H,11-14,22H2,1-6H3. The van der Waals surface area contributed by atoms with Gasteiger partial charge < -0.3 is 15.7 Å². The van der Waals surface area contributed by atoms with Crippen LogP contribution >= 0.6 is 0 Å². The Morgan fingerprint density at radius 3 is 2.17 bits per heavy atom. The molecule has 1 aliphatic rings. The normalized spacial score (nSPS) is 24.1. The summed E-state index contributed by atoms with van der Waals surface area (Å²) in [5.41, 5.74) is 9.02. The number of aliphatic hydroxyl groups excluding tert-OH is 1. The van der Waals surface area contributed by atoms with Crippen LogP contribution in [0.25, 0.3) is 0 Å². The molecule has 2 rings (SSSR count). The van der Waals surface area contributed by atoms with E-state index in [0.717, 1.165) is 25.9 Å². The van der Waals surface area contributed by atoms with Crippen LogP contribution in [0.1, 0.15) is 59.9 Å². The number of hydrogen-bond acceptors (Lipinski definition) is 3. The number of nitrogens with zero attached hydrogens (tertiary/aromatic N) is 1. The summed E-state index contributed by atoms with van der Waals surface area (Å²) >= 11 is 0. The van der Waals surface area contributed by atoms with Crippen molar-refractivity contribution < 1.29 is 5.11 Å². The van der Waals surface area contributed by atoms with Crippen molar-refractivity contribution >= 4 is 5.69 Å². The van der Waals surface area contributed by atoms with Gasteiger partial charge in [-0.2, -0.15) is 0 Å². The van der Waals surface area contributed by atoms with Crippen molar-refractivity contribution in [3.8, 4) is 0 Å². The fourth-order valence-corrected chi connectivity index (χ4v) is 3.47. The zero-order valence-electron chi connectivity index (χ0n) is 16.3. The average Bonchev–Trinajstić information content (AvgIpc) is 2.45. The van der Waals surface area contributed by atoms with E-state index < -0.39 is 0 Å². The Kier molecular flexibility index (Phi) is 5.66. The van der Waals surface area contributed by atoms with Gasteiger partial charge in [0.15, 0.2) is 0 Å². The second kappa shape index (κ2) is 7.05. The monoisotopic (exact) mass is 332 g/mol. The average molecular weight is 333 g/mol. The zero-order chi connectivity index (χ0) is 18.1. The highest BCUT2D eigenvalue weighted by Crippen LogP contribution is 2.31. The molecule has 0 spiro atoms. The topological polar surface area (TPSA) is 49.5 Å². The third-order valence-corrected chi connectivity index (χ3v) is 5.22. The molecule has 3 N–H and O–H groups in total. The molecule has 24 heavy (non-hydrogen) atoms. The summed E-state index contributed by atoms with van der Waals surface area (Å²) in [5.74, 6) is 0.449. The number of benzene rings is 1. The van der Waals surface area contributed by atoms with Gasteiger partial charge in [0.25, 0.3) is 0 Å². The van der Waals surface area contributed by atoms with Crippen LogP contribution in [0.15, 0.2) is 24.3 Å². The Balaban J connectivity index is 2.08. The van der Waals surface area contributed by atoms with Crippen LogP contribution in [0.2, 0.25) is 0 Å². The van der Waals surface area contributed by atoms with E-state index in [4.69, 9.17) is 5.73 Å². The molecule has 0 saturated carbocycles. The third-order valence-electron chi connectivity index (χ3n) is 5.22. The molecule has 0 amide bonds. The smallest absolute Gasteiger partial charge is 0.0591 e. The summed E-state index contributed by atoms with van der Waals surface area (Å²) in [6, 6.07) is 9.08. The summed E-state index contributed by atoms with van der Waals surface area (Å²) in [6.07, 6.45) is 1.55. The lowest BCUT2D eigenvalue weighted by atomic mass is 9.80. The van der Waals surface area contributed by atoms with E-state index in [1.165, 1.54) is 11.3 Å². The Morgan fingerprint density at radius 2 is 1.67 bits per heavy atom. The Labute approximate surface area is 148 Å². The van der Waals surface area contributed by atoms with Crippen LogP contribution in [-0.2, 0) is 5.41 Å². The van der Waals surface area contributed by atoms with E-state index in [0.29, 0.717) is 5.92 Å². The minimum absolute atomic E-state index is 0.0687. The molecular weight excluding hydrogens is 296 g/mol. The van der Waals surface area contributed by atoms with Gasteiger partial charge in [0.2, 0.25) is 0 Å². The number of anilines is 1. The fraction of sp³-hybridized carbons (Fsp3) is 0.714. The molecule has 3 nitrogen and oxygen atoms in total. The van der Waals surface area contributed by atoms with Crippen molar-refractivity contribution in [1.82, 2.24) is 0 Å². The number of aliphatic hydroxyl groups is 1. The minimum atomic E-state index is -0.280. The molecule has 3 unspecified atom stereocenters. The summed E-state index contributed by atoms with van der Waals surface area (Å²) < 4.78 is 0. The fourth-order valence-electron chi connectivity index (χ4n) is 3.47. The zero-order valence-corrected chi connectivity index (χ0v) is 16.3. The molecule has 3 heteroatoms. The molecule has 3 atom stereocenters. The third kappa shape index (κ3) is 4.97. The summed E-state index contributed by atoms with van der Waals surface area (Å²) in [4.78, 5) is 2.39. The molecule has 1 aromatic carbocycles. The lowest BCUT2D eigenvalue weighted by Crippen LogP contribution is -2.48. The first-order valence-electron chi connectivity index (χ1n) is 9.26. The molecule has 1 aliphatic heterocycles. The van der Waals surface area contributed by atoms with E-state index >= 15 is 0 Å². The van der Waals surface area contributed by atoms with Crippen molar-refractivity contribution in [3.63, 3.8) is 0 Å². The lowest BCUT2D eigenvalue weighted by Gasteiger charge is -2.40. The molecule has 0 bridgehead atoms. The Morgan fingerprint density at radius 1 is 1.08 bits per heavy atom. The van der Waals surface area contributed by atoms with E-state index in [-0.39, 0.29) is 23.0 Å². The highest BCUT2D eigenvalue weighted by molar-refractivity contribution is 5.49. The molecule has 1 fully saturated rings. The van der Waals surface area contributed by atoms with Crippen LogP contribution in [0.3, 0.4) is 0 Å². The second-order valence-electron chi connectivity index (χ2n) is 9.68. The second-order valence-corrected chi connectivity index (χ2v) is 9.68. The van der Waals surface area contributed by atoms with Crippen molar-refractivity contribution in [2.45, 2.75) is 71.9 Å². The van der Waals surface area contributed by atoms with E-state index in [1.807, 2.05) is 0 Å². The maximum Gasteiger partial charge on any atom is 0.0591 e. The van der Waals surface area contributed by atoms with Crippen molar-refractivity contribution in [2.24, 2.45) is 17.1 Å². The van der Waals surface area contributed by atoms with Gasteiger partial charge in [-0.05, 0) is 47.3 Å². The molecule has 1 heterocycles. The van der Waals surface area contributed by atoms with Crippen LogP contribution < -0.4 is 10.6 Å². The number of rotatable bonds is 3. The largest absolute Gasteiger partial charge is 0.393 e. The molecule has 1 saturated heterocycles. The van der Waals surface area contributed by atoms with Crippen molar-refractivity contribution in [3.05, 3.63) is 29.8 Å². The first kappa shape index (κ1) is 19.3. The summed E-state index contributed by atoms with van der Waals surface area (Å²) in [6.45, 7) is 14.9. The van der Waals surface area contributed by atoms with E-state index in [9.17, 15) is 5.11 Å². The molecule has 0 aliphatic carbocycles. The van der Waals surface area contributed by atoms with Gasteiger partial charge in [0.1, 0.15) is 0 Å². The van der Waals surface area contributed by atoms with Crippen molar-refractivity contribution in [2.75, 3.05) is 18.0 Å². The lowest BCUT2D eigenvalue weighted by molar-refractivity contribution is 0.0381. The van der Waals surface area contributed by atoms with Gasteiger partial charge in [-0.15, -0.1) is 0 Å². The predicted molar refractivity (Wildman–Crippen MR) is 104 cm³/mol. The van der Waals surface area contributed by atoms with E-state index in [1.54, 1.807) is 0 Å². The highest BCUT2D eigenvalue weighted by Gasteiger charge is 2.31. The minimum Gasteiger partial charge on any atom is -0.393 e. The molecule has 1 aromatic rings. The van der Waals surface area contributed by atoms with Gasteiger partial charge in [0.05, 0.1) is 6.10 Å². The summed E-state index contributed by atoms with van der Waals surface area (Å²) in [5, 5.41) is 10.4.